The van der Waals surface area contributed by atoms with E-state index in [1.165, 1.54) is 7.11 Å². The average molecular weight is 316 g/mol. The number of Topliss-reactive ketones (excluding diaryl/α,β-unsaturated/α-hetero) is 1. The van der Waals surface area contributed by atoms with Crippen molar-refractivity contribution in [3.05, 3.63) is 29.8 Å². The van der Waals surface area contributed by atoms with Gasteiger partial charge in [-0.15, -0.1) is 0 Å². The number of rotatable bonds is 3. The molecule has 1 aromatic rings. The summed E-state index contributed by atoms with van der Waals surface area (Å²) in [4.78, 5) is 35.8. The lowest BCUT2D eigenvalue weighted by atomic mass is 9.67. The number of esters is 2. The van der Waals surface area contributed by atoms with Crippen molar-refractivity contribution < 1.29 is 23.9 Å². The minimum atomic E-state index is -0.429. The first-order chi connectivity index (χ1) is 11.1. The van der Waals surface area contributed by atoms with Gasteiger partial charge >= 0.3 is 11.9 Å². The fraction of sp³-hybridized carbons (Fsp3) is 0.500. The SMILES string of the molecule is COC(=O)c1ccc(OC(=O)C2CC3CCCC(C2)C3=O)cc1. The van der Waals surface area contributed by atoms with Gasteiger partial charge in [0, 0.05) is 11.8 Å². The third-order valence-electron chi connectivity index (χ3n) is 4.88. The van der Waals surface area contributed by atoms with Crippen LogP contribution in [-0.2, 0) is 14.3 Å². The maximum Gasteiger partial charge on any atom is 0.337 e. The van der Waals surface area contributed by atoms with Crippen LogP contribution in [0, 0.1) is 17.8 Å². The molecule has 0 heterocycles. The van der Waals surface area contributed by atoms with Crippen molar-refractivity contribution in [3.63, 3.8) is 0 Å². The molecule has 2 fully saturated rings. The van der Waals surface area contributed by atoms with E-state index < -0.39 is 5.97 Å². The molecular formula is C18H20O5. The lowest BCUT2D eigenvalue weighted by Crippen LogP contribution is -2.40. The summed E-state index contributed by atoms with van der Waals surface area (Å²) in [5.74, 6) is -0.110. The van der Waals surface area contributed by atoms with Gasteiger partial charge in [0.05, 0.1) is 18.6 Å². The molecule has 2 atom stereocenters. The number of methoxy groups -OCH3 is 1. The summed E-state index contributed by atoms with van der Waals surface area (Å²) < 4.78 is 10.0. The highest BCUT2D eigenvalue weighted by Crippen LogP contribution is 2.40. The molecule has 5 heteroatoms. The molecule has 2 aliphatic carbocycles. The molecule has 5 nitrogen and oxygen atoms in total. The van der Waals surface area contributed by atoms with Crippen molar-refractivity contribution >= 4 is 17.7 Å². The third kappa shape index (κ3) is 3.28. The minimum absolute atomic E-state index is 0.0294. The number of carbonyl (C=O) groups excluding carboxylic acids is 3. The molecule has 23 heavy (non-hydrogen) atoms. The van der Waals surface area contributed by atoms with Crippen LogP contribution in [0.15, 0.2) is 24.3 Å². The van der Waals surface area contributed by atoms with E-state index in [-0.39, 0.29) is 23.7 Å². The van der Waals surface area contributed by atoms with Crippen LogP contribution in [0.4, 0.5) is 0 Å². The van der Waals surface area contributed by atoms with E-state index in [0.717, 1.165) is 19.3 Å². The number of hydrogen-bond acceptors (Lipinski definition) is 5. The minimum Gasteiger partial charge on any atom is -0.465 e. The molecule has 122 valence electrons. The fourth-order valence-corrected chi connectivity index (χ4v) is 3.65. The van der Waals surface area contributed by atoms with E-state index in [1.807, 2.05) is 0 Å². The molecule has 2 saturated carbocycles. The Labute approximate surface area is 135 Å². The van der Waals surface area contributed by atoms with Gasteiger partial charge in [-0.25, -0.2) is 4.79 Å². The Hall–Kier alpha value is -2.17. The highest BCUT2D eigenvalue weighted by atomic mass is 16.5. The summed E-state index contributed by atoms with van der Waals surface area (Å²) in [7, 11) is 1.32. The second-order valence-electron chi connectivity index (χ2n) is 6.33. The normalized spacial score (nSPS) is 26.5. The molecule has 0 saturated heterocycles. The molecule has 0 aromatic heterocycles. The van der Waals surface area contributed by atoms with Crippen LogP contribution in [0.25, 0.3) is 0 Å². The number of ether oxygens (including phenoxy) is 2. The second kappa shape index (κ2) is 6.52. The highest BCUT2D eigenvalue weighted by molar-refractivity contribution is 5.90. The molecule has 2 aliphatic rings. The van der Waals surface area contributed by atoms with Crippen LogP contribution >= 0.6 is 0 Å². The lowest BCUT2D eigenvalue weighted by molar-refractivity contribution is -0.145. The van der Waals surface area contributed by atoms with Gasteiger partial charge in [-0.3, -0.25) is 9.59 Å². The van der Waals surface area contributed by atoms with Crippen LogP contribution in [-0.4, -0.2) is 24.8 Å². The van der Waals surface area contributed by atoms with Crippen molar-refractivity contribution in [2.24, 2.45) is 17.8 Å². The van der Waals surface area contributed by atoms with E-state index in [0.29, 0.717) is 29.9 Å². The van der Waals surface area contributed by atoms with Gasteiger partial charge in [-0.2, -0.15) is 0 Å². The molecule has 3 rings (SSSR count). The highest BCUT2D eigenvalue weighted by Gasteiger charge is 2.41. The van der Waals surface area contributed by atoms with Crippen LogP contribution in [0.3, 0.4) is 0 Å². The monoisotopic (exact) mass is 316 g/mol. The molecule has 2 unspecified atom stereocenters. The number of carbonyl (C=O) groups is 3. The molecule has 0 radical (unpaired) electrons. The van der Waals surface area contributed by atoms with E-state index in [2.05, 4.69) is 4.74 Å². The van der Waals surface area contributed by atoms with E-state index in [4.69, 9.17) is 4.74 Å². The van der Waals surface area contributed by atoms with Crippen LogP contribution < -0.4 is 4.74 Å². The van der Waals surface area contributed by atoms with Crippen molar-refractivity contribution in [3.8, 4) is 5.75 Å². The number of fused-ring (bicyclic) bond motifs is 2. The summed E-state index contributed by atoms with van der Waals surface area (Å²) in [6, 6.07) is 6.29. The lowest BCUT2D eigenvalue weighted by Gasteiger charge is -2.36. The Morgan fingerprint density at radius 2 is 1.65 bits per heavy atom. The van der Waals surface area contributed by atoms with Gasteiger partial charge in [0.1, 0.15) is 11.5 Å². The van der Waals surface area contributed by atoms with E-state index >= 15 is 0 Å². The largest absolute Gasteiger partial charge is 0.465 e. The molecule has 2 bridgehead atoms. The first-order valence-electron chi connectivity index (χ1n) is 8.02. The average Bonchev–Trinajstić information content (AvgIpc) is 2.54. The van der Waals surface area contributed by atoms with Crippen LogP contribution in [0.5, 0.6) is 5.75 Å². The smallest absolute Gasteiger partial charge is 0.337 e. The first-order valence-corrected chi connectivity index (χ1v) is 8.02. The standard InChI is InChI=1S/C18H20O5/c1-22-17(20)11-5-7-15(8-6-11)23-18(21)14-9-12-3-2-4-13(10-14)16(12)19/h5-8,12-14H,2-4,9-10H2,1H3. The number of ketones is 1. The summed E-state index contributed by atoms with van der Waals surface area (Å²) in [5, 5.41) is 0. The Balaban J connectivity index is 1.63. The zero-order valence-corrected chi connectivity index (χ0v) is 13.1. The van der Waals surface area contributed by atoms with Gasteiger partial charge in [0.25, 0.3) is 0 Å². The maximum atomic E-state index is 12.4. The molecule has 0 spiro atoms. The van der Waals surface area contributed by atoms with E-state index in [9.17, 15) is 14.4 Å². The summed E-state index contributed by atoms with van der Waals surface area (Å²) in [5.41, 5.74) is 0.407. The van der Waals surface area contributed by atoms with Crippen molar-refractivity contribution in [2.75, 3.05) is 7.11 Å². The summed E-state index contributed by atoms with van der Waals surface area (Å²) >= 11 is 0. The Morgan fingerprint density at radius 3 is 2.22 bits per heavy atom. The van der Waals surface area contributed by atoms with Gasteiger partial charge in [0.15, 0.2) is 0 Å². The Bertz CT molecular complexity index is 603. The molecule has 1 aromatic carbocycles. The molecule has 0 N–H and O–H groups in total. The predicted molar refractivity (Wildman–Crippen MR) is 82.0 cm³/mol. The van der Waals surface area contributed by atoms with Crippen molar-refractivity contribution in [1.82, 2.24) is 0 Å². The van der Waals surface area contributed by atoms with Crippen LogP contribution in [0.1, 0.15) is 42.5 Å². The Kier molecular flexibility index (Phi) is 4.46. The summed E-state index contributed by atoms with van der Waals surface area (Å²) in [6.45, 7) is 0. The summed E-state index contributed by atoms with van der Waals surface area (Å²) in [6.07, 6.45) is 4.08. The van der Waals surface area contributed by atoms with Gasteiger partial charge in [-0.05, 0) is 49.9 Å². The molecule has 0 aliphatic heterocycles. The van der Waals surface area contributed by atoms with Gasteiger partial charge in [-0.1, -0.05) is 6.42 Å². The predicted octanol–water partition coefficient (Wildman–Crippen LogP) is 2.77. The zero-order valence-electron chi connectivity index (χ0n) is 13.1. The molecular weight excluding hydrogens is 296 g/mol. The van der Waals surface area contributed by atoms with Gasteiger partial charge < -0.3 is 9.47 Å². The zero-order chi connectivity index (χ0) is 16.4. The van der Waals surface area contributed by atoms with Gasteiger partial charge in [0.2, 0.25) is 0 Å². The molecule has 0 amide bonds. The Morgan fingerprint density at radius 1 is 1.04 bits per heavy atom. The maximum absolute atomic E-state index is 12.4. The third-order valence-corrected chi connectivity index (χ3v) is 4.88. The fourth-order valence-electron chi connectivity index (χ4n) is 3.65. The first kappa shape index (κ1) is 15.7. The van der Waals surface area contributed by atoms with Crippen molar-refractivity contribution in [2.45, 2.75) is 32.1 Å². The number of benzene rings is 1. The van der Waals surface area contributed by atoms with E-state index in [1.54, 1.807) is 24.3 Å². The number of hydrogen-bond donors (Lipinski definition) is 0. The quantitative estimate of drug-likeness (QED) is 0.633. The second-order valence-corrected chi connectivity index (χ2v) is 6.33. The topological polar surface area (TPSA) is 69.7 Å². The van der Waals surface area contributed by atoms with Crippen LogP contribution in [0.2, 0.25) is 0 Å². The van der Waals surface area contributed by atoms with Crippen molar-refractivity contribution in [1.29, 1.82) is 0 Å².